The van der Waals surface area contributed by atoms with Crippen molar-refractivity contribution < 1.29 is 33.5 Å². The van der Waals surface area contributed by atoms with Crippen LogP contribution in [0.2, 0.25) is 0 Å². The van der Waals surface area contributed by atoms with Crippen molar-refractivity contribution in [1.82, 2.24) is 31.5 Å². The van der Waals surface area contributed by atoms with Crippen molar-refractivity contribution in [2.75, 3.05) is 32.8 Å². The Morgan fingerprint density at radius 3 is 2.40 bits per heavy atom. The van der Waals surface area contributed by atoms with Gasteiger partial charge in [-0.2, -0.15) is 0 Å². The first kappa shape index (κ1) is 30.8. The van der Waals surface area contributed by atoms with E-state index >= 15 is 0 Å². The van der Waals surface area contributed by atoms with Gasteiger partial charge in [0, 0.05) is 13.1 Å². The average molecular weight is 585 g/mol. The molecule has 42 heavy (non-hydrogen) atoms. The number of nitrogens with one attached hydrogen (secondary N) is 5. The highest BCUT2D eigenvalue weighted by molar-refractivity contribution is 6.02. The van der Waals surface area contributed by atoms with Gasteiger partial charge < -0.3 is 36.2 Å². The van der Waals surface area contributed by atoms with Crippen molar-refractivity contribution in [1.29, 1.82) is 0 Å². The summed E-state index contributed by atoms with van der Waals surface area (Å²) in [7, 11) is 0. The van der Waals surface area contributed by atoms with Gasteiger partial charge in [0.2, 0.25) is 29.5 Å². The van der Waals surface area contributed by atoms with Gasteiger partial charge in [-0.25, -0.2) is 0 Å². The molecule has 2 fully saturated rings. The fourth-order valence-corrected chi connectivity index (χ4v) is 5.59. The quantitative estimate of drug-likeness (QED) is 0.314. The number of hydrogen-bond acceptors (Lipinski definition) is 7. The van der Waals surface area contributed by atoms with Crippen LogP contribution in [0.3, 0.4) is 0 Å². The summed E-state index contributed by atoms with van der Waals surface area (Å²) in [5.74, 6) is -3.02. The van der Waals surface area contributed by atoms with Gasteiger partial charge in [0.15, 0.2) is 0 Å². The Morgan fingerprint density at radius 2 is 1.69 bits per heavy atom. The van der Waals surface area contributed by atoms with Crippen LogP contribution < -0.4 is 31.3 Å². The smallest absolute Gasteiger partial charge is 0.255 e. The Balaban J connectivity index is 1.68. The number of amides is 6. The lowest BCUT2D eigenvalue weighted by molar-refractivity contribution is -0.142. The Hall–Kier alpha value is -4.16. The van der Waals surface area contributed by atoms with E-state index in [0.29, 0.717) is 25.7 Å². The fourth-order valence-electron chi connectivity index (χ4n) is 5.59. The second-order valence-corrected chi connectivity index (χ2v) is 11.4. The highest BCUT2D eigenvalue weighted by Gasteiger charge is 2.43. The zero-order valence-electron chi connectivity index (χ0n) is 24.1. The number of para-hydroxylation sites is 1. The summed E-state index contributed by atoms with van der Waals surface area (Å²) in [6.45, 7) is 4.08. The number of fused-ring (bicyclic) bond motifs is 1. The summed E-state index contributed by atoms with van der Waals surface area (Å²) in [5.41, 5.74) is -1.13. The summed E-state index contributed by atoms with van der Waals surface area (Å²) in [5, 5.41) is 13.8. The fraction of sp³-hybridized carbons (Fsp3) is 0.586. The molecule has 13 heteroatoms. The number of piperazine rings is 1. The maximum atomic E-state index is 13.7. The molecule has 13 nitrogen and oxygen atoms in total. The number of rotatable bonds is 2. The minimum Gasteiger partial charge on any atom is -0.491 e. The van der Waals surface area contributed by atoms with Gasteiger partial charge in [0.1, 0.15) is 30.0 Å². The van der Waals surface area contributed by atoms with Crippen molar-refractivity contribution >= 4 is 35.4 Å². The van der Waals surface area contributed by atoms with Crippen molar-refractivity contribution in [3.05, 3.63) is 29.8 Å². The molecule has 228 valence electrons. The van der Waals surface area contributed by atoms with Gasteiger partial charge in [-0.3, -0.25) is 28.8 Å². The van der Waals surface area contributed by atoms with Crippen LogP contribution in [0.15, 0.2) is 24.3 Å². The first-order valence-electron chi connectivity index (χ1n) is 14.6. The molecular weight excluding hydrogens is 544 g/mol. The predicted octanol–water partition coefficient (Wildman–Crippen LogP) is -0.398. The average Bonchev–Trinajstić information content (AvgIpc) is 2.97. The van der Waals surface area contributed by atoms with Crippen LogP contribution in [0.25, 0.3) is 0 Å². The summed E-state index contributed by atoms with van der Waals surface area (Å²) in [6.07, 6.45) is 2.58. The third kappa shape index (κ3) is 7.37. The maximum absolute atomic E-state index is 13.7. The summed E-state index contributed by atoms with van der Waals surface area (Å²) < 4.78 is 5.80. The number of nitrogens with zero attached hydrogens (tertiary/aromatic N) is 1. The number of carbonyl (C=O) groups is 6. The predicted molar refractivity (Wildman–Crippen MR) is 151 cm³/mol. The molecule has 1 aromatic carbocycles. The van der Waals surface area contributed by atoms with Crippen LogP contribution in [-0.2, 0) is 24.0 Å². The van der Waals surface area contributed by atoms with Gasteiger partial charge in [0.05, 0.1) is 25.1 Å². The van der Waals surface area contributed by atoms with Gasteiger partial charge in [-0.15, -0.1) is 0 Å². The molecule has 6 amide bonds. The van der Waals surface area contributed by atoms with E-state index in [0.717, 1.165) is 6.42 Å². The molecular formula is C29H40N6O7. The Kier molecular flexibility index (Phi) is 10.0. The van der Waals surface area contributed by atoms with Gasteiger partial charge in [-0.1, -0.05) is 45.2 Å². The lowest BCUT2D eigenvalue weighted by Gasteiger charge is -2.38. The Bertz CT molecular complexity index is 1210. The van der Waals surface area contributed by atoms with E-state index in [1.165, 1.54) is 11.0 Å². The summed E-state index contributed by atoms with van der Waals surface area (Å²) >= 11 is 0. The van der Waals surface area contributed by atoms with Crippen LogP contribution in [0.4, 0.5) is 0 Å². The molecule has 0 unspecified atom stereocenters. The number of hydrogen-bond donors (Lipinski definition) is 5. The first-order valence-corrected chi connectivity index (χ1v) is 14.6. The normalized spacial score (nSPS) is 24.3. The minimum absolute atomic E-state index is 0.0457. The third-order valence-corrected chi connectivity index (χ3v) is 7.89. The first-order chi connectivity index (χ1) is 20.1. The molecule has 0 radical (unpaired) electrons. The molecule has 0 aromatic heterocycles. The van der Waals surface area contributed by atoms with E-state index in [-0.39, 0.29) is 61.8 Å². The van der Waals surface area contributed by atoms with Gasteiger partial charge in [0.25, 0.3) is 5.91 Å². The van der Waals surface area contributed by atoms with E-state index in [4.69, 9.17) is 4.74 Å². The van der Waals surface area contributed by atoms with E-state index in [2.05, 4.69) is 26.6 Å². The van der Waals surface area contributed by atoms with Crippen LogP contribution in [0, 0.1) is 5.92 Å². The molecule has 1 saturated heterocycles. The molecule has 3 aliphatic rings. The SMILES string of the molecule is CC(C)[C@H]1NC(=O)C2(CCCCC2)NC(=O)C[C@@H](C(=O)N2CCNC(=O)C2)NC(=O)c2ccccc2OCCNC1=O. The highest BCUT2D eigenvalue weighted by atomic mass is 16.5. The number of ether oxygens (including phenoxy) is 1. The second-order valence-electron chi connectivity index (χ2n) is 11.4. The monoisotopic (exact) mass is 584 g/mol. The van der Waals surface area contributed by atoms with Crippen LogP contribution >= 0.6 is 0 Å². The van der Waals surface area contributed by atoms with E-state index < -0.39 is 47.7 Å². The molecule has 2 aliphatic heterocycles. The largest absolute Gasteiger partial charge is 0.491 e. The summed E-state index contributed by atoms with van der Waals surface area (Å²) in [6, 6.07) is 4.29. The molecule has 0 bridgehead atoms. The molecule has 1 aliphatic carbocycles. The zero-order chi connectivity index (χ0) is 30.3. The lowest BCUT2D eigenvalue weighted by atomic mass is 9.80. The van der Waals surface area contributed by atoms with Crippen molar-refractivity contribution in [2.24, 2.45) is 5.92 Å². The number of benzene rings is 1. The topological polar surface area (TPSA) is 175 Å². The lowest BCUT2D eigenvalue weighted by Crippen LogP contribution is -2.64. The van der Waals surface area contributed by atoms with Crippen LogP contribution in [0.5, 0.6) is 5.75 Å². The molecule has 1 saturated carbocycles. The van der Waals surface area contributed by atoms with Crippen LogP contribution in [-0.4, -0.2) is 90.8 Å². The standard InChI is InChI=1S/C29H40N6O7/c1-18(2)24-26(39)31-13-15-42-21-9-5-4-8-19(21)25(38)32-20(27(40)35-14-12-30-23(37)17-35)16-22(36)34-29(28(41)33-24)10-6-3-7-11-29/h4-5,8-9,18,20,24H,3,6-7,10-17H2,1-2H3,(H,30,37)(H,31,39)(H,32,38)(H,33,41)(H,34,36)/t20-,24+/m0/s1. The number of carbonyl (C=O) groups excluding carboxylic acids is 6. The van der Waals surface area contributed by atoms with Crippen molar-refractivity contribution in [3.8, 4) is 5.75 Å². The van der Waals surface area contributed by atoms with Crippen LogP contribution in [0.1, 0.15) is 62.7 Å². The molecule has 2 atom stereocenters. The maximum Gasteiger partial charge on any atom is 0.255 e. The van der Waals surface area contributed by atoms with Gasteiger partial charge in [-0.05, 0) is 30.9 Å². The molecule has 2 heterocycles. The molecule has 5 N–H and O–H groups in total. The van der Waals surface area contributed by atoms with Crippen molar-refractivity contribution in [3.63, 3.8) is 0 Å². The molecule has 1 aromatic rings. The van der Waals surface area contributed by atoms with E-state index in [1.807, 2.05) is 13.8 Å². The summed E-state index contributed by atoms with van der Waals surface area (Å²) in [4.78, 5) is 80.6. The van der Waals surface area contributed by atoms with E-state index in [1.54, 1.807) is 18.2 Å². The third-order valence-electron chi connectivity index (χ3n) is 7.89. The Morgan fingerprint density at radius 1 is 0.952 bits per heavy atom. The van der Waals surface area contributed by atoms with Crippen molar-refractivity contribution in [2.45, 2.75) is 70.0 Å². The Labute approximate surface area is 244 Å². The highest BCUT2D eigenvalue weighted by Crippen LogP contribution is 2.29. The minimum atomic E-state index is -1.30. The zero-order valence-corrected chi connectivity index (χ0v) is 24.1. The van der Waals surface area contributed by atoms with Gasteiger partial charge >= 0.3 is 0 Å². The molecule has 4 rings (SSSR count). The van der Waals surface area contributed by atoms with E-state index in [9.17, 15) is 28.8 Å². The second kappa shape index (κ2) is 13.7. The molecule has 1 spiro atoms.